The van der Waals surface area contributed by atoms with Crippen LogP contribution in [0.3, 0.4) is 0 Å². The normalized spacial score (nSPS) is 19.4. The van der Waals surface area contributed by atoms with Crippen molar-refractivity contribution in [3.63, 3.8) is 0 Å². The third-order valence-electron chi connectivity index (χ3n) is 6.03. The molecule has 1 fully saturated rings. The molecule has 168 valence electrons. The van der Waals surface area contributed by atoms with Crippen LogP contribution in [0.2, 0.25) is 18.1 Å². The van der Waals surface area contributed by atoms with Crippen molar-refractivity contribution >= 4 is 15.4 Å². The zero-order valence-electron chi connectivity index (χ0n) is 20.6. The summed E-state index contributed by atoms with van der Waals surface area (Å²) in [6.45, 7) is 19.8. The fourth-order valence-corrected chi connectivity index (χ4v) is 4.40. The van der Waals surface area contributed by atoms with E-state index in [1.165, 1.54) is 25.7 Å². The largest absolute Gasteiger partial charge is 0.485 e. The molecule has 0 amide bonds. The Kier molecular flexibility index (Phi) is 11.5. The Morgan fingerprint density at radius 2 is 1.69 bits per heavy atom. The average Bonchev–Trinajstić information content (AvgIpc) is 2.61. The molecule has 1 rings (SSSR count). The van der Waals surface area contributed by atoms with Gasteiger partial charge in [0.25, 0.3) is 0 Å². The van der Waals surface area contributed by atoms with Crippen LogP contribution in [0.25, 0.3) is 0 Å². The first-order valence-corrected chi connectivity index (χ1v) is 14.6. The van der Waals surface area contributed by atoms with E-state index in [2.05, 4.69) is 78.8 Å². The maximum Gasteiger partial charge on any atom is 0.485 e. The minimum absolute atomic E-state index is 0.121. The van der Waals surface area contributed by atoms with Crippen LogP contribution in [-0.2, 0) is 13.7 Å². The summed E-state index contributed by atoms with van der Waals surface area (Å²) < 4.78 is 18.3. The molecule has 5 heteroatoms. The van der Waals surface area contributed by atoms with Crippen molar-refractivity contribution < 1.29 is 13.7 Å². The van der Waals surface area contributed by atoms with Gasteiger partial charge in [-0.05, 0) is 50.2 Å². The van der Waals surface area contributed by atoms with Crippen molar-refractivity contribution in [3.05, 3.63) is 24.2 Å². The number of hydrogen-bond acceptors (Lipinski definition) is 3. The maximum absolute atomic E-state index is 6.74. The van der Waals surface area contributed by atoms with E-state index in [1.54, 1.807) is 0 Å². The van der Waals surface area contributed by atoms with Crippen LogP contribution in [0.5, 0.6) is 0 Å². The molecule has 3 nitrogen and oxygen atoms in total. The standard InChI is InChI=1S/C24H47BO3Si/c1-9-10-11-12-13-14-17-22(28-29(7,8)23(2,3)4)18-15-16-19-25-26-20-24(5,6)21-27-25/h13-14,16,19,22H,9-12,15,17-18,20-21H2,1-8H3/b14-13-,19-16+/t22-/m1/s1. The molecule has 0 aromatic rings. The first-order chi connectivity index (χ1) is 13.5. The van der Waals surface area contributed by atoms with Gasteiger partial charge in [-0.3, -0.25) is 0 Å². The number of allylic oxidation sites excluding steroid dienone is 2. The molecule has 0 saturated carbocycles. The Morgan fingerprint density at radius 3 is 2.28 bits per heavy atom. The van der Waals surface area contributed by atoms with Crippen LogP contribution in [0.15, 0.2) is 24.2 Å². The topological polar surface area (TPSA) is 27.7 Å². The van der Waals surface area contributed by atoms with Gasteiger partial charge in [0.15, 0.2) is 8.32 Å². The Hall–Kier alpha value is -0.358. The first kappa shape index (κ1) is 26.7. The van der Waals surface area contributed by atoms with Gasteiger partial charge < -0.3 is 13.7 Å². The summed E-state index contributed by atoms with van der Waals surface area (Å²) in [6.07, 6.45) is 15.3. The Morgan fingerprint density at radius 1 is 1.03 bits per heavy atom. The summed E-state index contributed by atoms with van der Waals surface area (Å²) in [4.78, 5) is 0. The quantitative estimate of drug-likeness (QED) is 0.187. The fourth-order valence-electron chi connectivity index (χ4n) is 3.00. The number of hydrogen-bond donors (Lipinski definition) is 0. The zero-order chi connectivity index (χ0) is 22.0. The molecular formula is C24H47BO3Si. The molecule has 0 radical (unpaired) electrons. The molecule has 0 unspecified atom stereocenters. The van der Waals surface area contributed by atoms with Gasteiger partial charge >= 0.3 is 7.12 Å². The lowest BCUT2D eigenvalue weighted by Crippen LogP contribution is -2.43. The predicted octanol–water partition coefficient (Wildman–Crippen LogP) is 7.34. The molecule has 0 spiro atoms. The molecule has 1 heterocycles. The van der Waals surface area contributed by atoms with E-state index < -0.39 is 8.32 Å². The second-order valence-corrected chi connectivity index (χ2v) is 15.6. The first-order valence-electron chi connectivity index (χ1n) is 11.7. The van der Waals surface area contributed by atoms with E-state index in [-0.39, 0.29) is 23.7 Å². The molecule has 0 bridgehead atoms. The molecule has 1 atom stereocenters. The SMILES string of the molecule is CCCCC/C=C\C[C@H](CC/C=C/B1OCC(C)(C)CO1)O[Si](C)(C)C(C)(C)C. The lowest BCUT2D eigenvalue weighted by molar-refractivity contribution is 0.0335. The van der Waals surface area contributed by atoms with Crippen LogP contribution in [0.4, 0.5) is 0 Å². The molecule has 1 saturated heterocycles. The molecule has 0 N–H and O–H groups in total. The van der Waals surface area contributed by atoms with Crippen molar-refractivity contribution in [1.82, 2.24) is 0 Å². The van der Waals surface area contributed by atoms with E-state index in [1.807, 2.05) is 0 Å². The number of rotatable bonds is 12. The van der Waals surface area contributed by atoms with E-state index in [0.717, 1.165) is 32.5 Å². The van der Waals surface area contributed by atoms with Gasteiger partial charge in [0.2, 0.25) is 0 Å². The van der Waals surface area contributed by atoms with Crippen LogP contribution < -0.4 is 0 Å². The van der Waals surface area contributed by atoms with Gasteiger partial charge in [0.1, 0.15) is 0 Å². The second-order valence-electron chi connectivity index (χ2n) is 10.9. The smallest absolute Gasteiger partial charge is 0.414 e. The lowest BCUT2D eigenvalue weighted by atomic mass is 9.83. The molecule has 29 heavy (non-hydrogen) atoms. The summed E-state index contributed by atoms with van der Waals surface area (Å²) in [5, 5.41) is 0.239. The summed E-state index contributed by atoms with van der Waals surface area (Å²) in [6, 6.07) is 0. The van der Waals surface area contributed by atoms with E-state index in [0.29, 0.717) is 0 Å². The number of unbranched alkanes of at least 4 members (excludes halogenated alkanes) is 3. The highest BCUT2D eigenvalue weighted by molar-refractivity contribution is 6.74. The Bertz CT molecular complexity index is 499. The predicted molar refractivity (Wildman–Crippen MR) is 130 cm³/mol. The Balaban J connectivity index is 2.53. The van der Waals surface area contributed by atoms with Crippen LogP contribution >= 0.6 is 0 Å². The fraction of sp³-hybridized carbons (Fsp3) is 0.833. The van der Waals surface area contributed by atoms with Crippen LogP contribution in [-0.4, -0.2) is 34.8 Å². The van der Waals surface area contributed by atoms with Gasteiger partial charge in [0.05, 0.1) is 0 Å². The minimum Gasteiger partial charge on any atom is -0.414 e. The minimum atomic E-state index is -1.77. The highest BCUT2D eigenvalue weighted by Gasteiger charge is 2.38. The van der Waals surface area contributed by atoms with E-state index >= 15 is 0 Å². The zero-order valence-corrected chi connectivity index (χ0v) is 21.6. The molecule has 0 aliphatic carbocycles. The average molecular weight is 423 g/mol. The Labute approximate surface area is 182 Å². The van der Waals surface area contributed by atoms with Crippen LogP contribution in [0.1, 0.15) is 86.5 Å². The highest BCUT2D eigenvalue weighted by atomic mass is 28.4. The highest BCUT2D eigenvalue weighted by Crippen LogP contribution is 2.38. The van der Waals surface area contributed by atoms with Crippen molar-refractivity contribution in [3.8, 4) is 0 Å². The molecule has 0 aromatic carbocycles. The maximum atomic E-state index is 6.74. The summed E-state index contributed by atoms with van der Waals surface area (Å²) in [7, 11) is -1.96. The van der Waals surface area contributed by atoms with Gasteiger partial charge in [-0.1, -0.05) is 78.6 Å². The summed E-state index contributed by atoms with van der Waals surface area (Å²) in [5.41, 5.74) is 0.121. The third-order valence-corrected chi connectivity index (χ3v) is 10.6. The van der Waals surface area contributed by atoms with Gasteiger partial charge in [-0.25, -0.2) is 0 Å². The van der Waals surface area contributed by atoms with Gasteiger partial charge in [0, 0.05) is 24.7 Å². The van der Waals surface area contributed by atoms with Gasteiger partial charge in [-0.2, -0.15) is 0 Å². The molecule has 1 aliphatic rings. The van der Waals surface area contributed by atoms with Crippen molar-refractivity contribution in [2.45, 2.75) is 111 Å². The monoisotopic (exact) mass is 422 g/mol. The molecule has 1 aliphatic heterocycles. The second kappa shape index (κ2) is 12.5. The lowest BCUT2D eigenvalue weighted by Gasteiger charge is -2.39. The van der Waals surface area contributed by atoms with E-state index in [4.69, 9.17) is 13.7 Å². The third kappa shape index (κ3) is 11.0. The molecule has 0 aromatic heterocycles. The van der Waals surface area contributed by atoms with E-state index in [9.17, 15) is 0 Å². The van der Waals surface area contributed by atoms with Crippen molar-refractivity contribution in [2.24, 2.45) is 5.41 Å². The van der Waals surface area contributed by atoms with Crippen molar-refractivity contribution in [1.29, 1.82) is 0 Å². The van der Waals surface area contributed by atoms with Crippen molar-refractivity contribution in [2.75, 3.05) is 13.2 Å². The summed E-state index contributed by atoms with van der Waals surface area (Å²) >= 11 is 0. The molecular weight excluding hydrogens is 375 g/mol. The van der Waals surface area contributed by atoms with Gasteiger partial charge in [-0.15, -0.1) is 0 Å². The summed E-state index contributed by atoms with van der Waals surface area (Å²) in [5.74, 6) is 2.07. The van der Waals surface area contributed by atoms with Crippen LogP contribution in [0, 0.1) is 5.41 Å².